The molecule has 1 aliphatic carbocycles. The molecule has 1 atom stereocenters. The molecular weight excluding hydrogens is 332 g/mol. The molecule has 4 rings (SSSR count). The highest BCUT2D eigenvalue weighted by Crippen LogP contribution is 2.38. The second kappa shape index (κ2) is 7.21. The number of likely N-dealkylation sites (tertiary alicyclic amines) is 1. The molecule has 0 N–H and O–H groups in total. The van der Waals surface area contributed by atoms with Crippen LogP contribution in [0.4, 0.5) is 0 Å². The molecular formula is C19H26N4O3. The van der Waals surface area contributed by atoms with Gasteiger partial charge in [0.1, 0.15) is 5.76 Å². The molecule has 2 aromatic heterocycles. The van der Waals surface area contributed by atoms with Crippen LogP contribution in [0.2, 0.25) is 0 Å². The van der Waals surface area contributed by atoms with Crippen LogP contribution in [-0.2, 0) is 17.6 Å². The van der Waals surface area contributed by atoms with Crippen LogP contribution < -0.4 is 0 Å². The number of aromatic nitrogens is 3. The molecule has 7 heteroatoms. The highest BCUT2D eigenvalue weighted by atomic mass is 16.5. The maximum atomic E-state index is 12.5. The lowest BCUT2D eigenvalue weighted by molar-refractivity contribution is -0.130. The molecule has 2 aliphatic rings. The number of hydrogen-bond acceptors (Lipinski definition) is 6. The van der Waals surface area contributed by atoms with Crippen molar-refractivity contribution in [1.82, 2.24) is 20.2 Å². The molecule has 0 radical (unpaired) electrons. The van der Waals surface area contributed by atoms with Crippen molar-refractivity contribution in [3.8, 4) is 0 Å². The second-order valence-electron chi connectivity index (χ2n) is 7.66. The van der Waals surface area contributed by atoms with Crippen molar-refractivity contribution in [3.63, 3.8) is 0 Å². The fourth-order valence-corrected chi connectivity index (χ4v) is 3.74. The molecule has 1 saturated heterocycles. The zero-order valence-electron chi connectivity index (χ0n) is 15.5. The largest absolute Gasteiger partial charge is 0.361 e. The van der Waals surface area contributed by atoms with Gasteiger partial charge in [0, 0.05) is 37.4 Å². The molecule has 0 spiro atoms. The normalized spacial score (nSPS) is 20.1. The number of carbonyl (C=O) groups excluding carboxylic acids is 1. The van der Waals surface area contributed by atoms with Crippen molar-refractivity contribution >= 4 is 5.91 Å². The predicted molar refractivity (Wildman–Crippen MR) is 93.6 cm³/mol. The van der Waals surface area contributed by atoms with Crippen molar-refractivity contribution in [1.29, 1.82) is 0 Å². The lowest BCUT2D eigenvalue weighted by Crippen LogP contribution is -2.29. The van der Waals surface area contributed by atoms with Gasteiger partial charge in [0.05, 0.1) is 5.69 Å². The number of aryl methyl sites for hydroxylation is 3. The Morgan fingerprint density at radius 3 is 2.73 bits per heavy atom. The fraction of sp³-hybridized carbons (Fsp3) is 0.684. The van der Waals surface area contributed by atoms with Crippen LogP contribution in [0.1, 0.15) is 66.8 Å². The summed E-state index contributed by atoms with van der Waals surface area (Å²) in [7, 11) is 0. The van der Waals surface area contributed by atoms with Gasteiger partial charge in [-0.15, -0.1) is 0 Å². The first-order valence-electron chi connectivity index (χ1n) is 9.62. The van der Waals surface area contributed by atoms with Gasteiger partial charge in [-0.25, -0.2) is 0 Å². The van der Waals surface area contributed by atoms with E-state index in [4.69, 9.17) is 9.05 Å². The minimum atomic E-state index is 0.225. The van der Waals surface area contributed by atoms with Crippen LogP contribution in [-0.4, -0.2) is 39.2 Å². The summed E-state index contributed by atoms with van der Waals surface area (Å²) in [6, 6.07) is 0. The third-order valence-corrected chi connectivity index (χ3v) is 5.60. The van der Waals surface area contributed by atoms with Gasteiger partial charge in [-0.05, 0) is 51.9 Å². The average Bonchev–Trinajstić information content (AvgIpc) is 3.05. The Hall–Kier alpha value is -2.18. The molecule has 0 aromatic carbocycles. The first-order chi connectivity index (χ1) is 12.6. The van der Waals surface area contributed by atoms with Crippen molar-refractivity contribution in [3.05, 3.63) is 28.7 Å². The van der Waals surface area contributed by atoms with Crippen molar-refractivity contribution in [2.24, 2.45) is 5.92 Å². The highest BCUT2D eigenvalue weighted by molar-refractivity contribution is 5.76. The van der Waals surface area contributed by atoms with Gasteiger partial charge < -0.3 is 13.9 Å². The SMILES string of the molecule is Cc1noc(C)c1CCC(=O)N1CCC(CCc2noc(C3CC3)n2)C1. The molecule has 0 bridgehead atoms. The van der Waals surface area contributed by atoms with Gasteiger partial charge in [0.25, 0.3) is 0 Å². The van der Waals surface area contributed by atoms with E-state index in [0.717, 1.165) is 61.1 Å². The average molecular weight is 358 g/mol. The summed E-state index contributed by atoms with van der Waals surface area (Å²) in [5.41, 5.74) is 1.96. The molecule has 2 fully saturated rings. The number of rotatable bonds is 7. The predicted octanol–water partition coefficient (Wildman–Crippen LogP) is 2.97. The molecule has 140 valence electrons. The van der Waals surface area contributed by atoms with Crippen molar-refractivity contribution in [2.75, 3.05) is 13.1 Å². The molecule has 3 heterocycles. The number of nitrogens with zero attached hydrogens (tertiary/aromatic N) is 4. The Bertz CT molecular complexity index is 758. The smallest absolute Gasteiger partial charge is 0.229 e. The maximum Gasteiger partial charge on any atom is 0.229 e. The zero-order valence-corrected chi connectivity index (χ0v) is 15.5. The standard InChI is InChI=1S/C19H26N4O3/c1-12-16(13(2)25-21-12)6-8-18(24)23-10-9-14(11-23)3-7-17-20-19(26-22-17)15-4-5-15/h14-15H,3-11H2,1-2H3. The van der Waals surface area contributed by atoms with E-state index in [2.05, 4.69) is 15.3 Å². The highest BCUT2D eigenvalue weighted by Gasteiger charge is 2.30. The molecule has 2 aromatic rings. The Balaban J connectivity index is 1.21. The third-order valence-electron chi connectivity index (χ3n) is 5.60. The summed E-state index contributed by atoms with van der Waals surface area (Å²) in [5.74, 6) is 3.70. The number of carbonyl (C=O) groups is 1. The van der Waals surface area contributed by atoms with E-state index in [1.165, 1.54) is 12.8 Å². The van der Waals surface area contributed by atoms with E-state index in [-0.39, 0.29) is 5.91 Å². The summed E-state index contributed by atoms with van der Waals surface area (Å²) in [5, 5.41) is 8.04. The van der Waals surface area contributed by atoms with Gasteiger partial charge in [-0.1, -0.05) is 10.3 Å². The maximum absolute atomic E-state index is 12.5. The Morgan fingerprint density at radius 2 is 2.00 bits per heavy atom. The Kier molecular flexibility index (Phi) is 4.78. The molecule has 1 saturated carbocycles. The van der Waals surface area contributed by atoms with Crippen LogP contribution in [0.3, 0.4) is 0 Å². The first-order valence-corrected chi connectivity index (χ1v) is 9.62. The van der Waals surface area contributed by atoms with Crippen molar-refractivity contribution < 1.29 is 13.8 Å². The van der Waals surface area contributed by atoms with E-state index in [9.17, 15) is 4.79 Å². The van der Waals surface area contributed by atoms with E-state index < -0.39 is 0 Å². The molecule has 1 amide bonds. The van der Waals surface area contributed by atoms with Crippen LogP contribution in [0.15, 0.2) is 9.05 Å². The van der Waals surface area contributed by atoms with Crippen molar-refractivity contribution in [2.45, 2.75) is 64.7 Å². The minimum Gasteiger partial charge on any atom is -0.361 e. The topological polar surface area (TPSA) is 85.3 Å². The summed E-state index contributed by atoms with van der Waals surface area (Å²) in [6.07, 6.45) is 6.48. The summed E-state index contributed by atoms with van der Waals surface area (Å²) in [4.78, 5) is 19.0. The third kappa shape index (κ3) is 3.81. The summed E-state index contributed by atoms with van der Waals surface area (Å²) in [6.45, 7) is 5.52. The van der Waals surface area contributed by atoms with Gasteiger partial charge >= 0.3 is 0 Å². The van der Waals surface area contributed by atoms with E-state index in [1.54, 1.807) is 0 Å². The van der Waals surface area contributed by atoms with Crippen LogP contribution in [0.25, 0.3) is 0 Å². The van der Waals surface area contributed by atoms with E-state index >= 15 is 0 Å². The quantitative estimate of drug-likeness (QED) is 0.756. The lowest BCUT2D eigenvalue weighted by atomic mass is 10.0. The Morgan fingerprint density at radius 1 is 1.15 bits per heavy atom. The zero-order chi connectivity index (χ0) is 18.1. The van der Waals surface area contributed by atoms with Crippen LogP contribution in [0, 0.1) is 19.8 Å². The summed E-state index contributed by atoms with van der Waals surface area (Å²) >= 11 is 0. The first kappa shape index (κ1) is 17.2. The molecule has 26 heavy (non-hydrogen) atoms. The second-order valence-corrected chi connectivity index (χ2v) is 7.66. The number of amides is 1. The van der Waals surface area contributed by atoms with Crippen LogP contribution >= 0.6 is 0 Å². The molecule has 1 unspecified atom stereocenters. The summed E-state index contributed by atoms with van der Waals surface area (Å²) < 4.78 is 10.5. The van der Waals surface area contributed by atoms with E-state index in [1.807, 2.05) is 18.7 Å². The van der Waals surface area contributed by atoms with Gasteiger partial charge in [-0.2, -0.15) is 4.98 Å². The van der Waals surface area contributed by atoms with Gasteiger partial charge in [0.15, 0.2) is 5.82 Å². The van der Waals surface area contributed by atoms with Gasteiger partial charge in [-0.3, -0.25) is 4.79 Å². The fourth-order valence-electron chi connectivity index (χ4n) is 3.74. The van der Waals surface area contributed by atoms with E-state index in [0.29, 0.717) is 24.7 Å². The van der Waals surface area contributed by atoms with Gasteiger partial charge in [0.2, 0.25) is 11.8 Å². The molecule has 7 nitrogen and oxygen atoms in total. The van der Waals surface area contributed by atoms with Crippen LogP contribution in [0.5, 0.6) is 0 Å². The lowest BCUT2D eigenvalue weighted by Gasteiger charge is -2.16. The Labute approximate surface area is 153 Å². The minimum absolute atomic E-state index is 0.225. The molecule has 1 aliphatic heterocycles. The monoisotopic (exact) mass is 358 g/mol. The number of hydrogen-bond donors (Lipinski definition) is 0.